The number of rotatable bonds is 6. The highest BCUT2D eigenvalue weighted by molar-refractivity contribution is 5.89. The van der Waals surface area contributed by atoms with E-state index in [0.29, 0.717) is 28.5 Å². The van der Waals surface area contributed by atoms with Crippen LogP contribution >= 0.6 is 0 Å². The Balaban J connectivity index is 1.48. The highest BCUT2D eigenvalue weighted by atomic mass is 16.5. The Morgan fingerprint density at radius 2 is 1.77 bits per heavy atom. The van der Waals surface area contributed by atoms with Crippen LogP contribution in [0.4, 0.5) is 0 Å². The summed E-state index contributed by atoms with van der Waals surface area (Å²) < 4.78 is 16.4. The molecular formula is C23H21N3O4. The number of aromatic nitrogens is 3. The summed E-state index contributed by atoms with van der Waals surface area (Å²) in [6.07, 6.45) is 0. The van der Waals surface area contributed by atoms with Crippen molar-refractivity contribution in [2.24, 2.45) is 0 Å². The van der Waals surface area contributed by atoms with Crippen LogP contribution in [-0.2, 0) is 11.3 Å². The predicted molar refractivity (Wildman–Crippen MR) is 110 cm³/mol. The van der Waals surface area contributed by atoms with Gasteiger partial charge >= 0.3 is 5.97 Å². The van der Waals surface area contributed by atoms with Crippen LogP contribution in [0.3, 0.4) is 0 Å². The fourth-order valence-electron chi connectivity index (χ4n) is 3.04. The van der Waals surface area contributed by atoms with Crippen molar-refractivity contribution in [3.63, 3.8) is 0 Å². The van der Waals surface area contributed by atoms with Crippen LogP contribution in [0.25, 0.3) is 22.7 Å². The number of ether oxygens (including phenoxy) is 1. The van der Waals surface area contributed by atoms with Crippen molar-refractivity contribution < 1.29 is 18.5 Å². The summed E-state index contributed by atoms with van der Waals surface area (Å²) >= 11 is 0. The summed E-state index contributed by atoms with van der Waals surface area (Å²) in [6.45, 7) is 5.85. The van der Waals surface area contributed by atoms with Crippen molar-refractivity contribution >= 4 is 5.97 Å². The monoisotopic (exact) mass is 403 g/mol. The molecule has 0 atom stereocenters. The molecule has 4 aromatic rings. The Bertz CT molecular complexity index is 1140. The minimum absolute atomic E-state index is 0.122. The van der Waals surface area contributed by atoms with Gasteiger partial charge in [-0.15, -0.1) is 10.2 Å². The third kappa shape index (κ3) is 4.00. The van der Waals surface area contributed by atoms with E-state index in [1.165, 1.54) is 0 Å². The Kier molecular flexibility index (Phi) is 5.43. The van der Waals surface area contributed by atoms with Crippen LogP contribution in [0.1, 0.15) is 47.3 Å². The van der Waals surface area contributed by atoms with E-state index in [0.717, 1.165) is 11.1 Å². The van der Waals surface area contributed by atoms with Crippen molar-refractivity contribution in [3.05, 3.63) is 77.4 Å². The topological polar surface area (TPSA) is 91.3 Å². The number of hydrogen-bond acceptors (Lipinski definition) is 7. The maximum absolute atomic E-state index is 12.3. The van der Waals surface area contributed by atoms with E-state index >= 15 is 0 Å². The van der Waals surface area contributed by atoms with Gasteiger partial charge in [-0.05, 0) is 30.5 Å². The van der Waals surface area contributed by atoms with Gasteiger partial charge in [-0.3, -0.25) is 0 Å². The summed E-state index contributed by atoms with van der Waals surface area (Å²) in [5.41, 5.74) is 3.74. The lowest BCUT2D eigenvalue weighted by Gasteiger charge is -2.06. The molecule has 7 heteroatoms. The molecule has 0 aliphatic carbocycles. The number of benzene rings is 2. The molecule has 4 rings (SSSR count). The molecule has 0 unspecified atom stereocenters. The second kappa shape index (κ2) is 8.32. The Morgan fingerprint density at radius 1 is 1.03 bits per heavy atom. The standard InChI is InChI=1S/C23H21N3O4/c1-14(2)16-9-11-18(12-10-16)23(27)28-13-19-24-25-22(29-19)20-15(3)30-26-21(20)17-7-5-4-6-8-17/h4-12,14H,13H2,1-3H3. The molecule has 2 aromatic carbocycles. The molecule has 0 saturated carbocycles. The van der Waals surface area contributed by atoms with E-state index in [1.54, 1.807) is 19.1 Å². The van der Waals surface area contributed by atoms with Gasteiger partial charge in [-0.2, -0.15) is 0 Å². The highest BCUT2D eigenvalue weighted by Gasteiger charge is 2.22. The van der Waals surface area contributed by atoms with E-state index in [2.05, 4.69) is 29.2 Å². The zero-order valence-corrected chi connectivity index (χ0v) is 17.0. The molecule has 2 aromatic heterocycles. The molecule has 0 aliphatic heterocycles. The van der Waals surface area contributed by atoms with Crippen LogP contribution in [0.15, 0.2) is 63.5 Å². The number of esters is 1. The molecule has 0 saturated heterocycles. The molecule has 2 heterocycles. The van der Waals surface area contributed by atoms with Gasteiger partial charge < -0.3 is 13.7 Å². The van der Waals surface area contributed by atoms with E-state index < -0.39 is 5.97 Å². The first-order valence-electron chi connectivity index (χ1n) is 9.64. The fraction of sp³-hybridized carbons (Fsp3) is 0.217. The molecule has 0 N–H and O–H groups in total. The highest BCUT2D eigenvalue weighted by Crippen LogP contribution is 2.33. The number of carbonyl (C=O) groups is 1. The molecule has 0 bridgehead atoms. The average Bonchev–Trinajstić information content (AvgIpc) is 3.39. The molecule has 0 amide bonds. The smallest absolute Gasteiger partial charge is 0.338 e. The maximum atomic E-state index is 12.3. The Hall–Kier alpha value is -3.74. The predicted octanol–water partition coefficient (Wildman–Crippen LogP) is 5.18. The zero-order valence-electron chi connectivity index (χ0n) is 17.0. The van der Waals surface area contributed by atoms with Crippen LogP contribution < -0.4 is 0 Å². The normalized spacial score (nSPS) is 11.1. The average molecular weight is 403 g/mol. The van der Waals surface area contributed by atoms with Crippen LogP contribution in [0.2, 0.25) is 0 Å². The summed E-state index contributed by atoms with van der Waals surface area (Å²) in [7, 11) is 0. The van der Waals surface area contributed by atoms with Crippen LogP contribution in [-0.4, -0.2) is 21.3 Å². The molecule has 0 radical (unpaired) electrons. The number of hydrogen-bond donors (Lipinski definition) is 0. The molecule has 152 valence electrons. The van der Waals surface area contributed by atoms with Gasteiger partial charge in [0.05, 0.1) is 5.56 Å². The SMILES string of the molecule is Cc1onc(-c2ccccc2)c1-c1nnc(COC(=O)c2ccc(C(C)C)cc2)o1. The summed E-state index contributed by atoms with van der Waals surface area (Å²) in [5.74, 6) is 0.965. The minimum Gasteiger partial charge on any atom is -0.452 e. The van der Waals surface area contributed by atoms with E-state index in [9.17, 15) is 4.79 Å². The minimum atomic E-state index is -0.448. The van der Waals surface area contributed by atoms with Crippen LogP contribution in [0, 0.1) is 6.92 Å². The zero-order chi connectivity index (χ0) is 21.1. The third-order valence-electron chi connectivity index (χ3n) is 4.73. The lowest BCUT2D eigenvalue weighted by molar-refractivity contribution is 0.0438. The summed E-state index contributed by atoms with van der Waals surface area (Å²) in [4.78, 5) is 12.3. The maximum Gasteiger partial charge on any atom is 0.338 e. The van der Waals surface area contributed by atoms with Crippen molar-refractivity contribution in [3.8, 4) is 22.7 Å². The van der Waals surface area contributed by atoms with Crippen LogP contribution in [0.5, 0.6) is 0 Å². The van der Waals surface area contributed by atoms with Gasteiger partial charge in [0.2, 0.25) is 0 Å². The molecule has 30 heavy (non-hydrogen) atoms. The number of nitrogens with zero attached hydrogens (tertiary/aromatic N) is 3. The Labute approximate surface area is 173 Å². The van der Waals surface area contributed by atoms with Crippen molar-refractivity contribution in [2.45, 2.75) is 33.3 Å². The summed E-state index contributed by atoms with van der Waals surface area (Å²) in [6, 6.07) is 16.9. The van der Waals surface area contributed by atoms with Gasteiger partial charge in [0.1, 0.15) is 17.0 Å². The molecule has 0 spiro atoms. The second-order valence-corrected chi connectivity index (χ2v) is 7.18. The van der Waals surface area contributed by atoms with Crippen molar-refractivity contribution in [2.75, 3.05) is 0 Å². The molecule has 0 fully saturated rings. The van der Waals surface area contributed by atoms with Crippen molar-refractivity contribution in [1.82, 2.24) is 15.4 Å². The number of carbonyl (C=O) groups excluding carboxylic acids is 1. The summed E-state index contributed by atoms with van der Waals surface area (Å²) in [5, 5.41) is 12.2. The fourth-order valence-corrected chi connectivity index (χ4v) is 3.04. The third-order valence-corrected chi connectivity index (χ3v) is 4.73. The first kappa shape index (κ1) is 19.6. The largest absolute Gasteiger partial charge is 0.452 e. The van der Waals surface area contributed by atoms with Gasteiger partial charge in [-0.25, -0.2) is 4.79 Å². The van der Waals surface area contributed by atoms with E-state index in [4.69, 9.17) is 13.7 Å². The molecule has 7 nitrogen and oxygen atoms in total. The second-order valence-electron chi connectivity index (χ2n) is 7.18. The molecular weight excluding hydrogens is 382 g/mol. The Morgan fingerprint density at radius 3 is 2.47 bits per heavy atom. The molecule has 0 aliphatic rings. The van der Waals surface area contributed by atoms with Crippen molar-refractivity contribution in [1.29, 1.82) is 0 Å². The van der Waals surface area contributed by atoms with E-state index in [1.807, 2.05) is 42.5 Å². The first-order chi connectivity index (χ1) is 14.5. The lowest BCUT2D eigenvalue weighted by Crippen LogP contribution is -2.05. The van der Waals surface area contributed by atoms with Gasteiger partial charge in [0.25, 0.3) is 11.8 Å². The van der Waals surface area contributed by atoms with E-state index in [-0.39, 0.29) is 18.4 Å². The van der Waals surface area contributed by atoms with Gasteiger partial charge in [0.15, 0.2) is 6.61 Å². The quantitative estimate of drug-likeness (QED) is 0.410. The van der Waals surface area contributed by atoms with Gasteiger partial charge in [0, 0.05) is 5.56 Å². The lowest BCUT2D eigenvalue weighted by atomic mass is 10.0. The first-order valence-corrected chi connectivity index (χ1v) is 9.64. The van der Waals surface area contributed by atoms with Gasteiger partial charge in [-0.1, -0.05) is 61.5 Å². The number of aryl methyl sites for hydroxylation is 1.